The highest BCUT2D eigenvalue weighted by atomic mass is 32.2. The molecular formula is C13H11F2NO2S. The molecule has 1 N–H and O–H groups in total. The first-order valence-corrected chi connectivity index (χ1v) is 7.11. The van der Waals surface area contributed by atoms with Crippen LogP contribution < -0.4 is 4.72 Å². The van der Waals surface area contributed by atoms with Gasteiger partial charge in [0.2, 0.25) is 10.0 Å². The van der Waals surface area contributed by atoms with Gasteiger partial charge in [0.1, 0.15) is 11.6 Å². The van der Waals surface area contributed by atoms with Crippen molar-refractivity contribution in [2.24, 2.45) is 0 Å². The molecule has 0 aliphatic heterocycles. The maximum atomic E-state index is 13.3. The summed E-state index contributed by atoms with van der Waals surface area (Å²) < 4.78 is 52.0. The molecule has 0 heterocycles. The Hall–Kier alpha value is -1.95. The fourth-order valence-corrected chi connectivity index (χ4v) is 2.77. The van der Waals surface area contributed by atoms with Crippen LogP contribution in [-0.4, -0.2) is 8.42 Å². The van der Waals surface area contributed by atoms with Crippen LogP contribution in [0.2, 0.25) is 0 Å². The molecule has 0 spiro atoms. The van der Waals surface area contributed by atoms with Crippen molar-refractivity contribution >= 4 is 15.7 Å². The van der Waals surface area contributed by atoms with Crippen molar-refractivity contribution in [3.05, 3.63) is 65.7 Å². The lowest BCUT2D eigenvalue weighted by atomic mass is 10.2. The van der Waals surface area contributed by atoms with Gasteiger partial charge in [0.15, 0.2) is 0 Å². The SMILES string of the molecule is O=S(=O)(Cc1ccccc1)Nc1cc(F)ccc1F. The van der Waals surface area contributed by atoms with E-state index in [1.54, 1.807) is 30.3 Å². The van der Waals surface area contributed by atoms with Crippen molar-refractivity contribution in [3.8, 4) is 0 Å². The number of sulfonamides is 1. The number of hydrogen-bond donors (Lipinski definition) is 1. The molecule has 0 saturated heterocycles. The third-order valence-corrected chi connectivity index (χ3v) is 3.64. The summed E-state index contributed by atoms with van der Waals surface area (Å²) in [6, 6.07) is 11.0. The second-order valence-corrected chi connectivity index (χ2v) is 5.69. The molecule has 3 nitrogen and oxygen atoms in total. The van der Waals surface area contributed by atoms with E-state index in [1.165, 1.54) is 0 Å². The van der Waals surface area contributed by atoms with Crippen LogP contribution in [0.1, 0.15) is 5.56 Å². The molecule has 6 heteroatoms. The Morgan fingerprint density at radius 3 is 2.37 bits per heavy atom. The largest absolute Gasteiger partial charge is 0.280 e. The van der Waals surface area contributed by atoms with Crippen molar-refractivity contribution in [2.75, 3.05) is 4.72 Å². The summed E-state index contributed by atoms with van der Waals surface area (Å²) in [5.41, 5.74) is 0.169. The van der Waals surface area contributed by atoms with E-state index in [2.05, 4.69) is 0 Å². The van der Waals surface area contributed by atoms with Crippen LogP contribution in [0.3, 0.4) is 0 Å². The van der Waals surface area contributed by atoms with E-state index < -0.39 is 27.3 Å². The number of nitrogens with one attached hydrogen (secondary N) is 1. The maximum Gasteiger partial charge on any atom is 0.237 e. The molecule has 19 heavy (non-hydrogen) atoms. The quantitative estimate of drug-likeness (QED) is 0.937. The lowest BCUT2D eigenvalue weighted by molar-refractivity contribution is 0.594. The minimum absolute atomic E-state index is 0.302. The smallest absolute Gasteiger partial charge is 0.237 e. The first kappa shape index (κ1) is 13.5. The number of hydrogen-bond acceptors (Lipinski definition) is 2. The molecule has 0 aromatic heterocycles. The van der Waals surface area contributed by atoms with Gasteiger partial charge in [-0.25, -0.2) is 17.2 Å². The summed E-state index contributed by atoms with van der Waals surface area (Å²) in [5.74, 6) is -1.83. The van der Waals surface area contributed by atoms with Gasteiger partial charge in [0.25, 0.3) is 0 Å². The number of halogens is 2. The van der Waals surface area contributed by atoms with Crippen molar-refractivity contribution in [3.63, 3.8) is 0 Å². The average Bonchev–Trinajstić information content (AvgIpc) is 2.34. The molecular weight excluding hydrogens is 272 g/mol. The summed E-state index contributed by atoms with van der Waals surface area (Å²) in [5, 5.41) is 0. The molecule has 0 bridgehead atoms. The van der Waals surface area contributed by atoms with Crippen LogP contribution in [0.4, 0.5) is 14.5 Å². The molecule has 0 atom stereocenters. The fraction of sp³-hybridized carbons (Fsp3) is 0.0769. The van der Waals surface area contributed by atoms with Gasteiger partial charge in [-0.3, -0.25) is 4.72 Å². The van der Waals surface area contributed by atoms with E-state index in [0.29, 0.717) is 5.56 Å². The van der Waals surface area contributed by atoms with Crippen molar-refractivity contribution < 1.29 is 17.2 Å². The standard InChI is InChI=1S/C13H11F2NO2S/c14-11-6-7-12(15)13(8-11)16-19(17,18)9-10-4-2-1-3-5-10/h1-8,16H,9H2. The van der Waals surface area contributed by atoms with Crippen LogP contribution >= 0.6 is 0 Å². The second-order valence-electron chi connectivity index (χ2n) is 3.97. The van der Waals surface area contributed by atoms with E-state index in [1.807, 2.05) is 4.72 Å². The van der Waals surface area contributed by atoms with Gasteiger partial charge in [-0.2, -0.15) is 0 Å². The Morgan fingerprint density at radius 2 is 1.68 bits per heavy atom. The second kappa shape index (κ2) is 5.36. The molecule has 100 valence electrons. The summed E-state index contributed by atoms with van der Waals surface area (Å²) in [6.45, 7) is 0. The Bertz CT molecular complexity index is 672. The molecule has 0 fully saturated rings. The summed E-state index contributed by atoms with van der Waals surface area (Å²) >= 11 is 0. The lowest BCUT2D eigenvalue weighted by Gasteiger charge is -2.09. The van der Waals surface area contributed by atoms with Gasteiger partial charge in [-0.1, -0.05) is 30.3 Å². The van der Waals surface area contributed by atoms with Gasteiger partial charge in [0, 0.05) is 6.07 Å². The van der Waals surface area contributed by atoms with Crippen molar-refractivity contribution in [1.29, 1.82) is 0 Å². The first-order valence-electron chi connectivity index (χ1n) is 5.46. The molecule has 2 rings (SSSR count). The summed E-state index contributed by atoms with van der Waals surface area (Å²) in [4.78, 5) is 0. The van der Waals surface area contributed by atoms with Crippen molar-refractivity contribution in [2.45, 2.75) is 5.75 Å². The predicted molar refractivity (Wildman–Crippen MR) is 69.0 cm³/mol. The molecule has 2 aromatic carbocycles. The minimum atomic E-state index is -3.78. The minimum Gasteiger partial charge on any atom is -0.280 e. The maximum absolute atomic E-state index is 13.3. The van der Waals surface area contributed by atoms with Crippen LogP contribution in [0.25, 0.3) is 0 Å². The lowest BCUT2D eigenvalue weighted by Crippen LogP contribution is -2.16. The van der Waals surface area contributed by atoms with Gasteiger partial charge in [-0.15, -0.1) is 0 Å². The Kier molecular flexibility index (Phi) is 3.80. The Balaban J connectivity index is 2.20. The van der Waals surface area contributed by atoms with Gasteiger partial charge in [-0.05, 0) is 17.7 Å². The zero-order valence-electron chi connectivity index (χ0n) is 9.81. The normalized spacial score (nSPS) is 11.3. The predicted octanol–water partition coefficient (Wildman–Crippen LogP) is 2.91. The summed E-state index contributed by atoms with van der Waals surface area (Å²) in [6.07, 6.45) is 0. The number of benzene rings is 2. The van der Waals surface area contributed by atoms with Crippen LogP contribution in [-0.2, 0) is 15.8 Å². The Labute approximate surface area is 109 Å². The first-order chi connectivity index (χ1) is 8.96. The topological polar surface area (TPSA) is 46.2 Å². The highest BCUT2D eigenvalue weighted by Gasteiger charge is 2.14. The highest BCUT2D eigenvalue weighted by Crippen LogP contribution is 2.18. The molecule has 0 aliphatic carbocycles. The van der Waals surface area contributed by atoms with Crippen LogP contribution in [0.5, 0.6) is 0 Å². The van der Waals surface area contributed by atoms with E-state index in [9.17, 15) is 17.2 Å². The van der Waals surface area contributed by atoms with Gasteiger partial charge < -0.3 is 0 Å². The molecule has 0 unspecified atom stereocenters. The average molecular weight is 283 g/mol. The third kappa shape index (κ3) is 3.75. The van der Waals surface area contributed by atoms with Crippen LogP contribution in [0.15, 0.2) is 48.5 Å². The number of anilines is 1. The molecule has 2 aromatic rings. The van der Waals surface area contributed by atoms with E-state index in [4.69, 9.17) is 0 Å². The zero-order chi connectivity index (χ0) is 13.9. The number of rotatable bonds is 4. The van der Waals surface area contributed by atoms with E-state index >= 15 is 0 Å². The molecule has 0 amide bonds. The van der Waals surface area contributed by atoms with Gasteiger partial charge >= 0.3 is 0 Å². The van der Waals surface area contributed by atoms with Crippen molar-refractivity contribution in [1.82, 2.24) is 0 Å². The summed E-state index contributed by atoms with van der Waals surface area (Å²) in [7, 11) is -3.78. The van der Waals surface area contributed by atoms with E-state index in [0.717, 1.165) is 18.2 Å². The van der Waals surface area contributed by atoms with Crippen LogP contribution in [0, 0.1) is 11.6 Å². The molecule has 0 aliphatic rings. The highest BCUT2D eigenvalue weighted by molar-refractivity contribution is 7.91. The zero-order valence-corrected chi connectivity index (χ0v) is 10.6. The van der Waals surface area contributed by atoms with Gasteiger partial charge in [0.05, 0.1) is 11.4 Å². The Morgan fingerprint density at radius 1 is 1.00 bits per heavy atom. The molecule has 0 radical (unpaired) electrons. The van der Waals surface area contributed by atoms with E-state index in [-0.39, 0.29) is 5.75 Å². The fourth-order valence-electron chi connectivity index (χ4n) is 1.57. The monoisotopic (exact) mass is 283 g/mol. The molecule has 0 saturated carbocycles. The third-order valence-electron chi connectivity index (χ3n) is 2.39.